The summed E-state index contributed by atoms with van der Waals surface area (Å²) in [5, 5.41) is 0. The number of rotatable bonds is 3. The molecule has 0 radical (unpaired) electrons. The van der Waals surface area contributed by atoms with E-state index in [9.17, 15) is 0 Å². The standard InChI is InChI=1S/C19H21N/c20-19(16-12-7-13-17(16)19)18(14-8-3-1-4-9-14)15-10-5-2-6-11-15/h1-6,8-11,16-18H,7,12-13,20H2. The lowest BCUT2D eigenvalue weighted by atomic mass is 9.80. The third-order valence-electron chi connectivity index (χ3n) is 5.46. The monoisotopic (exact) mass is 263 g/mol. The molecule has 2 N–H and O–H groups in total. The van der Waals surface area contributed by atoms with Gasteiger partial charge < -0.3 is 5.73 Å². The fraction of sp³-hybridized carbons (Fsp3) is 0.368. The van der Waals surface area contributed by atoms with Gasteiger partial charge in [0.25, 0.3) is 0 Å². The summed E-state index contributed by atoms with van der Waals surface area (Å²) in [6, 6.07) is 21.6. The van der Waals surface area contributed by atoms with E-state index in [1.54, 1.807) is 0 Å². The number of fused-ring (bicyclic) bond motifs is 1. The first-order valence-electron chi connectivity index (χ1n) is 7.70. The van der Waals surface area contributed by atoms with E-state index in [2.05, 4.69) is 60.7 Å². The van der Waals surface area contributed by atoms with Gasteiger partial charge in [0.2, 0.25) is 0 Å². The molecule has 20 heavy (non-hydrogen) atoms. The molecule has 2 aliphatic carbocycles. The number of hydrogen-bond acceptors (Lipinski definition) is 1. The van der Waals surface area contributed by atoms with E-state index in [1.807, 2.05) is 0 Å². The van der Waals surface area contributed by atoms with Gasteiger partial charge in [-0.3, -0.25) is 0 Å². The molecule has 0 aliphatic heterocycles. The maximum absolute atomic E-state index is 6.90. The summed E-state index contributed by atoms with van der Waals surface area (Å²) < 4.78 is 0. The minimum Gasteiger partial charge on any atom is -0.324 e. The average molecular weight is 263 g/mol. The molecule has 1 heteroatoms. The van der Waals surface area contributed by atoms with Crippen molar-refractivity contribution in [2.45, 2.75) is 30.7 Å². The van der Waals surface area contributed by atoms with Gasteiger partial charge in [-0.1, -0.05) is 67.1 Å². The second-order valence-electron chi connectivity index (χ2n) is 6.40. The molecule has 0 heterocycles. The van der Waals surface area contributed by atoms with Crippen molar-refractivity contribution in [1.29, 1.82) is 0 Å². The van der Waals surface area contributed by atoms with Crippen molar-refractivity contribution in [3.63, 3.8) is 0 Å². The van der Waals surface area contributed by atoms with Crippen molar-refractivity contribution in [2.24, 2.45) is 17.6 Å². The molecule has 4 rings (SSSR count). The lowest BCUT2D eigenvalue weighted by Gasteiger charge is -2.28. The highest BCUT2D eigenvalue weighted by molar-refractivity contribution is 5.42. The van der Waals surface area contributed by atoms with Crippen LogP contribution in [0.15, 0.2) is 60.7 Å². The Morgan fingerprint density at radius 3 is 1.70 bits per heavy atom. The Bertz CT molecular complexity index is 540. The van der Waals surface area contributed by atoms with Crippen LogP contribution in [-0.2, 0) is 0 Å². The topological polar surface area (TPSA) is 26.0 Å². The predicted octanol–water partition coefficient (Wildman–Crippen LogP) is 3.95. The van der Waals surface area contributed by atoms with E-state index < -0.39 is 0 Å². The first-order chi connectivity index (χ1) is 9.82. The molecule has 2 unspecified atom stereocenters. The molecule has 2 saturated carbocycles. The van der Waals surface area contributed by atoms with Crippen LogP contribution >= 0.6 is 0 Å². The SMILES string of the molecule is NC1(C(c2ccccc2)c2ccccc2)C2CCCC21. The Morgan fingerprint density at radius 2 is 1.25 bits per heavy atom. The van der Waals surface area contributed by atoms with E-state index in [0.717, 1.165) is 11.8 Å². The van der Waals surface area contributed by atoms with Gasteiger partial charge in [-0.25, -0.2) is 0 Å². The molecule has 0 aromatic heterocycles. The van der Waals surface area contributed by atoms with Gasteiger partial charge in [-0.05, 0) is 35.8 Å². The summed E-state index contributed by atoms with van der Waals surface area (Å²) in [6.45, 7) is 0. The van der Waals surface area contributed by atoms with Gasteiger partial charge >= 0.3 is 0 Å². The van der Waals surface area contributed by atoms with Crippen LogP contribution in [0.1, 0.15) is 36.3 Å². The molecule has 0 amide bonds. The molecule has 0 spiro atoms. The smallest absolute Gasteiger partial charge is 0.0328 e. The van der Waals surface area contributed by atoms with Crippen LogP contribution in [0.2, 0.25) is 0 Å². The molecule has 1 nitrogen and oxygen atoms in total. The normalized spacial score (nSPS) is 31.3. The second kappa shape index (κ2) is 4.46. The summed E-state index contributed by atoms with van der Waals surface area (Å²) in [7, 11) is 0. The van der Waals surface area contributed by atoms with Gasteiger partial charge in [0.1, 0.15) is 0 Å². The lowest BCUT2D eigenvalue weighted by Crippen LogP contribution is -2.36. The molecule has 102 valence electrons. The van der Waals surface area contributed by atoms with Gasteiger partial charge in [-0.2, -0.15) is 0 Å². The third-order valence-corrected chi connectivity index (χ3v) is 5.46. The molecule has 2 aromatic rings. The van der Waals surface area contributed by atoms with Gasteiger partial charge in [-0.15, -0.1) is 0 Å². The molecule has 2 atom stereocenters. The number of nitrogens with two attached hydrogens (primary N) is 1. The molecule has 2 aliphatic rings. The highest BCUT2D eigenvalue weighted by Crippen LogP contribution is 2.65. The van der Waals surface area contributed by atoms with E-state index in [0.29, 0.717) is 5.92 Å². The third kappa shape index (κ3) is 1.66. The Kier molecular flexibility index (Phi) is 2.71. The molecule has 2 fully saturated rings. The van der Waals surface area contributed by atoms with Crippen LogP contribution in [0.25, 0.3) is 0 Å². The van der Waals surface area contributed by atoms with Crippen molar-refractivity contribution >= 4 is 0 Å². The van der Waals surface area contributed by atoms with Crippen molar-refractivity contribution in [1.82, 2.24) is 0 Å². The average Bonchev–Trinajstić information content (AvgIpc) is 2.89. The number of benzene rings is 2. The number of hydrogen-bond donors (Lipinski definition) is 1. The van der Waals surface area contributed by atoms with Crippen LogP contribution in [0.5, 0.6) is 0 Å². The first kappa shape index (κ1) is 12.2. The summed E-state index contributed by atoms with van der Waals surface area (Å²) in [4.78, 5) is 0. The summed E-state index contributed by atoms with van der Waals surface area (Å²) in [5.41, 5.74) is 9.63. The van der Waals surface area contributed by atoms with Crippen LogP contribution in [-0.4, -0.2) is 5.54 Å². The van der Waals surface area contributed by atoms with Crippen molar-refractivity contribution in [2.75, 3.05) is 0 Å². The Balaban J connectivity index is 1.79. The van der Waals surface area contributed by atoms with Gasteiger partial charge in [0.15, 0.2) is 0 Å². The minimum atomic E-state index is -0.0129. The maximum Gasteiger partial charge on any atom is 0.0328 e. The Morgan fingerprint density at radius 1 is 0.800 bits per heavy atom. The highest BCUT2D eigenvalue weighted by Gasteiger charge is 2.67. The predicted molar refractivity (Wildman–Crippen MR) is 82.5 cm³/mol. The largest absolute Gasteiger partial charge is 0.324 e. The maximum atomic E-state index is 6.90. The van der Waals surface area contributed by atoms with Crippen molar-refractivity contribution in [3.8, 4) is 0 Å². The summed E-state index contributed by atoms with van der Waals surface area (Å²) >= 11 is 0. The van der Waals surface area contributed by atoms with Crippen LogP contribution in [0.3, 0.4) is 0 Å². The second-order valence-corrected chi connectivity index (χ2v) is 6.40. The molecule has 2 aromatic carbocycles. The van der Waals surface area contributed by atoms with Crippen LogP contribution in [0.4, 0.5) is 0 Å². The molecular formula is C19H21N. The zero-order chi connectivity index (χ0) is 13.6. The fourth-order valence-electron chi connectivity index (χ4n) is 4.54. The van der Waals surface area contributed by atoms with E-state index in [1.165, 1.54) is 30.4 Å². The van der Waals surface area contributed by atoms with Crippen molar-refractivity contribution in [3.05, 3.63) is 71.8 Å². The van der Waals surface area contributed by atoms with Crippen LogP contribution in [0, 0.1) is 11.8 Å². The van der Waals surface area contributed by atoms with Gasteiger partial charge in [0.05, 0.1) is 0 Å². The van der Waals surface area contributed by atoms with Gasteiger partial charge in [0, 0.05) is 11.5 Å². The first-order valence-corrected chi connectivity index (χ1v) is 7.70. The zero-order valence-electron chi connectivity index (χ0n) is 11.7. The molecule has 0 saturated heterocycles. The molecule has 0 bridgehead atoms. The summed E-state index contributed by atoms with van der Waals surface area (Å²) in [5.74, 6) is 1.81. The zero-order valence-corrected chi connectivity index (χ0v) is 11.7. The quantitative estimate of drug-likeness (QED) is 0.891. The lowest BCUT2D eigenvalue weighted by molar-refractivity contribution is 0.456. The van der Waals surface area contributed by atoms with Crippen LogP contribution < -0.4 is 5.73 Å². The minimum absolute atomic E-state index is 0.0129. The van der Waals surface area contributed by atoms with Crippen molar-refractivity contribution < 1.29 is 0 Å². The fourth-order valence-corrected chi connectivity index (χ4v) is 4.54. The summed E-state index contributed by atoms with van der Waals surface area (Å²) in [6.07, 6.45) is 4.00. The van der Waals surface area contributed by atoms with E-state index in [-0.39, 0.29) is 5.54 Å². The Hall–Kier alpha value is -1.60. The Labute approximate surface area is 120 Å². The van der Waals surface area contributed by atoms with E-state index >= 15 is 0 Å². The highest BCUT2D eigenvalue weighted by atomic mass is 14.9. The molecular weight excluding hydrogens is 242 g/mol. The van der Waals surface area contributed by atoms with E-state index in [4.69, 9.17) is 5.73 Å².